The van der Waals surface area contributed by atoms with E-state index in [0.29, 0.717) is 7.11 Å². The van der Waals surface area contributed by atoms with E-state index in [-0.39, 0.29) is 0 Å². The van der Waals surface area contributed by atoms with Gasteiger partial charge in [0, 0.05) is 18.8 Å². The van der Waals surface area contributed by atoms with Crippen molar-refractivity contribution in [2.45, 2.75) is 49.2 Å². The van der Waals surface area contributed by atoms with Crippen molar-refractivity contribution in [3.05, 3.63) is 0 Å². The van der Waals surface area contributed by atoms with Gasteiger partial charge in [-0.05, 0) is 12.8 Å². The highest BCUT2D eigenvalue weighted by molar-refractivity contribution is 7.93. The first-order valence-corrected chi connectivity index (χ1v) is 8.34. The van der Waals surface area contributed by atoms with Crippen LogP contribution in [0.3, 0.4) is 0 Å². The molecular formula is C12H16F6O4S. The Hall–Kier alpha value is -1.00. The molecule has 0 spiro atoms. The number of halogens is 6. The maximum Gasteiger partial charge on any atom is 0.390 e. The van der Waals surface area contributed by atoms with Crippen molar-refractivity contribution in [3.8, 4) is 0 Å². The number of hydrogen-bond donors (Lipinski definition) is 0. The van der Waals surface area contributed by atoms with Gasteiger partial charge in [0.2, 0.25) is 5.92 Å². The number of methoxy groups -OCH3 is 1. The van der Waals surface area contributed by atoms with Crippen molar-refractivity contribution in [2.24, 2.45) is 5.92 Å². The monoisotopic (exact) mass is 370 g/mol. The predicted octanol–water partition coefficient (Wildman–Crippen LogP) is 3.02. The number of alkyl halides is 6. The lowest BCUT2D eigenvalue weighted by Crippen LogP contribution is -2.52. The summed E-state index contributed by atoms with van der Waals surface area (Å²) in [4.78, 5) is 11.6. The Morgan fingerprint density at radius 3 is 2.04 bits per heavy atom. The van der Waals surface area contributed by atoms with Gasteiger partial charge in [-0.2, -0.15) is 13.2 Å². The minimum atomic E-state index is -5.21. The third-order valence-electron chi connectivity index (χ3n) is 3.81. The summed E-state index contributed by atoms with van der Waals surface area (Å²) in [6.45, 7) is 0. The highest BCUT2D eigenvalue weighted by atomic mass is 32.2. The number of carbonyl (C=O) groups is 1. The quantitative estimate of drug-likeness (QED) is 0.551. The lowest BCUT2D eigenvalue weighted by atomic mass is 9.83. The molecule has 0 saturated heterocycles. The second-order valence-electron chi connectivity index (χ2n) is 5.45. The molecule has 1 rings (SSSR count). The maximum absolute atomic E-state index is 15.0. The number of carbonyl (C=O) groups excluding carboxylic acids is 1. The van der Waals surface area contributed by atoms with Crippen LogP contribution >= 0.6 is 0 Å². The molecule has 11 heteroatoms. The molecule has 0 radical (unpaired) electrons. The summed E-state index contributed by atoms with van der Waals surface area (Å²) in [5.41, 5.74) is 0. The highest BCUT2D eigenvalue weighted by Crippen LogP contribution is 2.45. The molecule has 0 aliphatic heterocycles. The summed E-state index contributed by atoms with van der Waals surface area (Å²) in [5.74, 6) is -8.33. The summed E-state index contributed by atoms with van der Waals surface area (Å²) in [6.07, 6.45) is -9.72. The lowest BCUT2D eigenvalue weighted by molar-refractivity contribution is -0.154. The Kier molecular flexibility index (Phi) is 5.65. The van der Waals surface area contributed by atoms with Crippen LogP contribution in [0.2, 0.25) is 0 Å². The minimum Gasteiger partial charge on any atom is -0.466 e. The molecule has 0 heterocycles. The smallest absolute Gasteiger partial charge is 0.390 e. The molecule has 0 N–H and O–H groups in total. The van der Waals surface area contributed by atoms with Crippen LogP contribution < -0.4 is 0 Å². The third kappa shape index (κ3) is 4.51. The van der Waals surface area contributed by atoms with E-state index in [1.165, 1.54) is 0 Å². The van der Waals surface area contributed by atoms with Gasteiger partial charge in [-0.25, -0.2) is 26.4 Å². The van der Waals surface area contributed by atoms with Crippen molar-refractivity contribution in [1.29, 1.82) is 0 Å². The van der Waals surface area contributed by atoms with E-state index in [9.17, 15) is 35.2 Å². The fourth-order valence-electron chi connectivity index (χ4n) is 2.50. The number of hydrogen-bond acceptors (Lipinski definition) is 4. The molecule has 1 fully saturated rings. The Balaban J connectivity index is 3.10. The summed E-state index contributed by atoms with van der Waals surface area (Å²) >= 11 is 0. The van der Waals surface area contributed by atoms with Crippen LogP contribution in [0.1, 0.15) is 32.1 Å². The van der Waals surface area contributed by atoms with Gasteiger partial charge in [-0.3, -0.25) is 0 Å². The summed E-state index contributed by atoms with van der Waals surface area (Å²) in [5, 5.41) is -3.76. The molecule has 0 aromatic heterocycles. The van der Waals surface area contributed by atoms with Crippen LogP contribution in [0.4, 0.5) is 26.3 Å². The van der Waals surface area contributed by atoms with Crippen LogP contribution in [0.15, 0.2) is 0 Å². The van der Waals surface area contributed by atoms with Crippen molar-refractivity contribution >= 4 is 15.8 Å². The fourth-order valence-corrected chi connectivity index (χ4v) is 4.37. The van der Waals surface area contributed by atoms with E-state index >= 15 is 4.39 Å². The first-order chi connectivity index (χ1) is 10.3. The average Bonchev–Trinajstić information content (AvgIpc) is 2.42. The number of rotatable bonds is 5. The summed E-state index contributed by atoms with van der Waals surface area (Å²) in [7, 11) is -4.54. The Bertz CT molecular complexity index is 534. The van der Waals surface area contributed by atoms with Crippen molar-refractivity contribution in [2.75, 3.05) is 12.9 Å². The molecule has 136 valence electrons. The molecule has 0 bridgehead atoms. The molecular weight excluding hydrogens is 354 g/mol. The topological polar surface area (TPSA) is 60.4 Å². The lowest BCUT2D eigenvalue weighted by Gasteiger charge is -2.35. The van der Waals surface area contributed by atoms with Crippen molar-refractivity contribution < 1.29 is 44.3 Å². The average molecular weight is 370 g/mol. The molecule has 0 amide bonds. The fraction of sp³-hybridized carbons (Fsp3) is 0.917. The standard InChI is InChI=1S/C12H16F6O4S/c1-22-9(19)12(18,8-2-4-10(13,14)5-3-8)23(20,21)7-6-11(15,16)17/h8H,2-7H2,1H3. The number of ether oxygens (including phenoxy) is 1. The number of sulfone groups is 1. The van der Waals surface area contributed by atoms with E-state index in [1.54, 1.807) is 0 Å². The zero-order valence-electron chi connectivity index (χ0n) is 12.1. The van der Waals surface area contributed by atoms with Gasteiger partial charge in [0.05, 0.1) is 19.3 Å². The molecule has 4 nitrogen and oxygen atoms in total. The van der Waals surface area contributed by atoms with Gasteiger partial charge >= 0.3 is 17.1 Å². The van der Waals surface area contributed by atoms with E-state index in [4.69, 9.17) is 0 Å². The Labute approximate surface area is 129 Å². The van der Waals surface area contributed by atoms with Crippen LogP contribution in [0, 0.1) is 5.92 Å². The molecule has 1 aliphatic rings. The normalized spacial score (nSPS) is 22.4. The Morgan fingerprint density at radius 2 is 1.65 bits per heavy atom. The van der Waals surface area contributed by atoms with Crippen molar-refractivity contribution in [3.63, 3.8) is 0 Å². The largest absolute Gasteiger partial charge is 0.466 e. The van der Waals surface area contributed by atoms with Gasteiger partial charge in [0.25, 0.3) is 0 Å². The molecule has 1 unspecified atom stereocenters. The van der Waals surface area contributed by atoms with E-state index < -0.39 is 76.7 Å². The maximum atomic E-state index is 15.0. The van der Waals surface area contributed by atoms with Crippen LogP contribution in [0.25, 0.3) is 0 Å². The van der Waals surface area contributed by atoms with Crippen LogP contribution in [-0.4, -0.2) is 44.3 Å². The van der Waals surface area contributed by atoms with Gasteiger partial charge in [0.1, 0.15) is 0 Å². The van der Waals surface area contributed by atoms with Gasteiger partial charge < -0.3 is 4.74 Å². The van der Waals surface area contributed by atoms with Gasteiger partial charge in [-0.15, -0.1) is 0 Å². The second-order valence-corrected chi connectivity index (χ2v) is 7.68. The van der Waals surface area contributed by atoms with E-state index in [0.717, 1.165) is 0 Å². The molecule has 1 saturated carbocycles. The summed E-state index contributed by atoms with van der Waals surface area (Å²) in [6, 6.07) is 0. The predicted molar refractivity (Wildman–Crippen MR) is 67.2 cm³/mol. The van der Waals surface area contributed by atoms with Gasteiger partial charge in [0.15, 0.2) is 9.84 Å². The number of esters is 1. The second kappa shape index (κ2) is 6.48. The molecule has 1 aliphatic carbocycles. The van der Waals surface area contributed by atoms with Gasteiger partial charge in [-0.1, -0.05) is 0 Å². The zero-order chi connectivity index (χ0) is 18.1. The first-order valence-electron chi connectivity index (χ1n) is 6.69. The van der Waals surface area contributed by atoms with E-state index in [2.05, 4.69) is 4.74 Å². The Morgan fingerprint density at radius 1 is 1.17 bits per heavy atom. The molecule has 0 aromatic carbocycles. The first kappa shape index (κ1) is 20.0. The SMILES string of the molecule is COC(=O)C(F)(C1CCC(F)(F)CC1)S(=O)(=O)CCC(F)(F)F. The van der Waals surface area contributed by atoms with Crippen LogP contribution in [0.5, 0.6) is 0 Å². The molecule has 0 aromatic rings. The van der Waals surface area contributed by atoms with E-state index in [1.807, 2.05) is 0 Å². The summed E-state index contributed by atoms with van der Waals surface area (Å²) < 4.78 is 106. The third-order valence-corrected chi connectivity index (χ3v) is 5.96. The van der Waals surface area contributed by atoms with Crippen molar-refractivity contribution in [1.82, 2.24) is 0 Å². The zero-order valence-corrected chi connectivity index (χ0v) is 12.9. The highest BCUT2D eigenvalue weighted by Gasteiger charge is 2.60. The molecule has 23 heavy (non-hydrogen) atoms. The van der Waals surface area contributed by atoms with Crippen LogP contribution in [-0.2, 0) is 19.4 Å². The minimum absolute atomic E-state index is 0.649. The molecule has 1 atom stereocenters.